The Balaban J connectivity index is 3.52. The Morgan fingerprint density at radius 1 is 1.75 bits per heavy atom. The Hall–Kier alpha value is -0.240. The predicted octanol–water partition coefficient (Wildman–Crippen LogP) is 1.95. The lowest BCUT2D eigenvalue weighted by molar-refractivity contribution is 1.17. The molecular weight excluding hydrogens is 118 g/mol. The number of hydrogen-bond donors (Lipinski definition) is 0. The van der Waals surface area contributed by atoms with Crippen LogP contribution in [0.1, 0.15) is 6.92 Å². The third kappa shape index (κ3) is 2.86. The quantitative estimate of drug-likeness (QED) is 0.419. The first kappa shape index (κ1) is 7.76. The first-order valence-corrected chi connectivity index (χ1v) is 3.77. The standard InChI is InChI=1S/C6H11NS/c1-4-6(8-3)7-5-2/h4-6H,1H2,2-3H3/b7-5-. The summed E-state index contributed by atoms with van der Waals surface area (Å²) in [4.78, 5) is 4.08. The molecule has 0 aromatic rings. The Bertz CT molecular complexity index is 88.5. The van der Waals surface area contributed by atoms with Gasteiger partial charge in [0.15, 0.2) is 0 Å². The minimum absolute atomic E-state index is 0.250. The van der Waals surface area contributed by atoms with Gasteiger partial charge in [-0.1, -0.05) is 6.08 Å². The summed E-state index contributed by atoms with van der Waals surface area (Å²) < 4.78 is 0. The maximum atomic E-state index is 4.08. The van der Waals surface area contributed by atoms with Gasteiger partial charge in [0.1, 0.15) is 5.37 Å². The van der Waals surface area contributed by atoms with Crippen molar-refractivity contribution in [2.45, 2.75) is 12.3 Å². The summed E-state index contributed by atoms with van der Waals surface area (Å²) in [5.41, 5.74) is 0. The smallest absolute Gasteiger partial charge is 0.112 e. The van der Waals surface area contributed by atoms with E-state index < -0.39 is 0 Å². The highest BCUT2D eigenvalue weighted by Gasteiger charge is 1.91. The van der Waals surface area contributed by atoms with Gasteiger partial charge in [-0.25, -0.2) is 0 Å². The summed E-state index contributed by atoms with van der Waals surface area (Å²) in [6, 6.07) is 0. The SMILES string of the molecule is C=CC(/N=C\C)SC. The molecule has 0 amide bonds. The molecule has 0 aromatic carbocycles. The van der Waals surface area contributed by atoms with Crippen LogP contribution in [0.15, 0.2) is 17.6 Å². The average molecular weight is 129 g/mol. The van der Waals surface area contributed by atoms with Crippen LogP contribution >= 0.6 is 11.8 Å². The van der Waals surface area contributed by atoms with Gasteiger partial charge in [0.2, 0.25) is 0 Å². The van der Waals surface area contributed by atoms with Gasteiger partial charge in [-0.15, -0.1) is 18.3 Å². The van der Waals surface area contributed by atoms with E-state index in [2.05, 4.69) is 11.6 Å². The van der Waals surface area contributed by atoms with E-state index >= 15 is 0 Å². The first-order chi connectivity index (χ1) is 3.85. The second-order valence-electron chi connectivity index (χ2n) is 1.27. The molecule has 0 aliphatic heterocycles. The second-order valence-corrected chi connectivity index (χ2v) is 2.22. The molecule has 0 radical (unpaired) electrons. The highest BCUT2D eigenvalue weighted by molar-refractivity contribution is 7.99. The molecule has 0 fully saturated rings. The summed E-state index contributed by atoms with van der Waals surface area (Å²) >= 11 is 1.68. The highest BCUT2D eigenvalue weighted by atomic mass is 32.2. The monoisotopic (exact) mass is 129 g/mol. The van der Waals surface area contributed by atoms with E-state index in [1.165, 1.54) is 0 Å². The molecule has 0 aliphatic carbocycles. The fourth-order valence-electron chi connectivity index (χ4n) is 0.365. The highest BCUT2D eigenvalue weighted by Crippen LogP contribution is 2.06. The van der Waals surface area contributed by atoms with Gasteiger partial charge in [-0.3, -0.25) is 4.99 Å². The molecule has 0 heterocycles. The number of nitrogens with zero attached hydrogens (tertiary/aromatic N) is 1. The van der Waals surface area contributed by atoms with Crippen LogP contribution in [0, 0.1) is 0 Å². The van der Waals surface area contributed by atoms with Gasteiger partial charge in [0.25, 0.3) is 0 Å². The Morgan fingerprint density at radius 3 is 2.50 bits per heavy atom. The zero-order valence-electron chi connectivity index (χ0n) is 5.29. The van der Waals surface area contributed by atoms with E-state index in [-0.39, 0.29) is 5.37 Å². The number of rotatable bonds is 3. The lowest BCUT2D eigenvalue weighted by atomic mass is 10.6. The Kier molecular flexibility index (Phi) is 4.76. The summed E-state index contributed by atoms with van der Waals surface area (Å²) in [7, 11) is 0. The van der Waals surface area contributed by atoms with E-state index in [1.807, 2.05) is 19.3 Å². The third-order valence-electron chi connectivity index (χ3n) is 0.739. The van der Waals surface area contributed by atoms with Gasteiger partial charge in [0, 0.05) is 0 Å². The van der Waals surface area contributed by atoms with Gasteiger partial charge < -0.3 is 0 Å². The molecular formula is C6H11NS. The van der Waals surface area contributed by atoms with Crippen LogP contribution in [0.4, 0.5) is 0 Å². The lowest BCUT2D eigenvalue weighted by Crippen LogP contribution is -1.89. The van der Waals surface area contributed by atoms with Crippen molar-refractivity contribution >= 4 is 18.0 Å². The van der Waals surface area contributed by atoms with Crippen molar-refractivity contribution in [1.82, 2.24) is 0 Å². The minimum atomic E-state index is 0.250. The van der Waals surface area contributed by atoms with Crippen LogP contribution in [0.3, 0.4) is 0 Å². The molecule has 1 atom stereocenters. The summed E-state index contributed by atoms with van der Waals surface area (Å²) in [6.07, 6.45) is 5.63. The molecule has 0 bridgehead atoms. The summed E-state index contributed by atoms with van der Waals surface area (Å²) in [5, 5.41) is 0.250. The molecule has 0 N–H and O–H groups in total. The zero-order valence-corrected chi connectivity index (χ0v) is 6.11. The predicted molar refractivity (Wildman–Crippen MR) is 41.7 cm³/mol. The second kappa shape index (κ2) is 4.91. The Labute approximate surface area is 54.9 Å². The molecule has 0 aliphatic rings. The minimum Gasteiger partial charge on any atom is -0.279 e. The third-order valence-corrected chi connectivity index (χ3v) is 1.54. The van der Waals surface area contributed by atoms with Crippen molar-refractivity contribution < 1.29 is 0 Å². The van der Waals surface area contributed by atoms with Gasteiger partial charge in [-0.2, -0.15) is 0 Å². The fraction of sp³-hybridized carbons (Fsp3) is 0.500. The van der Waals surface area contributed by atoms with Gasteiger partial charge in [-0.05, 0) is 19.4 Å². The fourth-order valence-corrected chi connectivity index (χ4v) is 0.801. The largest absolute Gasteiger partial charge is 0.279 e. The number of aliphatic imine (C=N–C) groups is 1. The lowest BCUT2D eigenvalue weighted by Gasteiger charge is -1.98. The summed E-state index contributed by atoms with van der Waals surface area (Å²) in [5.74, 6) is 0. The molecule has 46 valence electrons. The van der Waals surface area contributed by atoms with E-state index in [0.717, 1.165) is 0 Å². The molecule has 2 heteroatoms. The van der Waals surface area contributed by atoms with Crippen molar-refractivity contribution in [3.05, 3.63) is 12.7 Å². The van der Waals surface area contributed by atoms with E-state index in [1.54, 1.807) is 18.0 Å². The van der Waals surface area contributed by atoms with Gasteiger partial charge in [0.05, 0.1) is 0 Å². The van der Waals surface area contributed by atoms with Crippen LogP contribution in [-0.4, -0.2) is 17.8 Å². The molecule has 0 spiro atoms. The van der Waals surface area contributed by atoms with Crippen molar-refractivity contribution in [2.75, 3.05) is 6.26 Å². The van der Waals surface area contributed by atoms with Crippen LogP contribution in [0.2, 0.25) is 0 Å². The van der Waals surface area contributed by atoms with Crippen LogP contribution in [0.25, 0.3) is 0 Å². The van der Waals surface area contributed by atoms with E-state index in [9.17, 15) is 0 Å². The maximum Gasteiger partial charge on any atom is 0.112 e. The normalized spacial score (nSPS) is 14.2. The maximum absolute atomic E-state index is 4.08. The molecule has 1 nitrogen and oxygen atoms in total. The number of hydrogen-bond acceptors (Lipinski definition) is 2. The van der Waals surface area contributed by atoms with Crippen molar-refractivity contribution in [3.63, 3.8) is 0 Å². The molecule has 1 unspecified atom stereocenters. The molecule has 0 aromatic heterocycles. The molecule has 0 saturated carbocycles. The van der Waals surface area contributed by atoms with Crippen molar-refractivity contribution in [2.24, 2.45) is 4.99 Å². The van der Waals surface area contributed by atoms with Crippen LogP contribution in [0.5, 0.6) is 0 Å². The van der Waals surface area contributed by atoms with Crippen molar-refractivity contribution in [3.8, 4) is 0 Å². The molecule has 0 rings (SSSR count). The Morgan fingerprint density at radius 2 is 2.38 bits per heavy atom. The van der Waals surface area contributed by atoms with Gasteiger partial charge >= 0.3 is 0 Å². The van der Waals surface area contributed by atoms with E-state index in [4.69, 9.17) is 0 Å². The van der Waals surface area contributed by atoms with E-state index in [0.29, 0.717) is 0 Å². The first-order valence-electron chi connectivity index (χ1n) is 2.48. The topological polar surface area (TPSA) is 12.4 Å². The number of thioether (sulfide) groups is 1. The van der Waals surface area contributed by atoms with Crippen LogP contribution < -0.4 is 0 Å². The van der Waals surface area contributed by atoms with Crippen molar-refractivity contribution in [1.29, 1.82) is 0 Å². The zero-order chi connectivity index (χ0) is 6.41. The average Bonchev–Trinajstić information content (AvgIpc) is 1.83. The molecule has 0 saturated heterocycles. The van der Waals surface area contributed by atoms with Crippen LogP contribution in [-0.2, 0) is 0 Å². The summed E-state index contributed by atoms with van der Waals surface area (Å²) in [6.45, 7) is 5.53. The molecule has 8 heavy (non-hydrogen) atoms.